The van der Waals surface area contributed by atoms with Crippen molar-refractivity contribution in [3.8, 4) is 17.2 Å². The topological polar surface area (TPSA) is 92.7 Å². The Balaban J connectivity index is 1.53. The van der Waals surface area contributed by atoms with E-state index in [1.807, 2.05) is 6.07 Å². The van der Waals surface area contributed by atoms with Gasteiger partial charge in [0.15, 0.2) is 17.3 Å². The second kappa shape index (κ2) is 9.09. The van der Waals surface area contributed by atoms with Crippen LogP contribution >= 0.6 is 0 Å². The van der Waals surface area contributed by atoms with E-state index in [-0.39, 0.29) is 25.8 Å². The van der Waals surface area contributed by atoms with E-state index in [1.165, 1.54) is 14.0 Å². The largest absolute Gasteiger partial charge is 0.496 e. The predicted molar refractivity (Wildman–Crippen MR) is 104 cm³/mol. The van der Waals surface area contributed by atoms with Crippen molar-refractivity contribution in [1.82, 2.24) is 0 Å². The Hall–Kier alpha value is -3.55. The Labute approximate surface area is 168 Å². The van der Waals surface area contributed by atoms with Crippen molar-refractivity contribution < 1.29 is 33.4 Å². The summed E-state index contributed by atoms with van der Waals surface area (Å²) in [5.74, 6) is 1.16. The van der Waals surface area contributed by atoms with E-state index in [2.05, 4.69) is 5.16 Å². The first-order valence-electron chi connectivity index (χ1n) is 8.88. The number of ether oxygens (including phenoxy) is 4. The number of hydrogen-bond donors (Lipinski definition) is 0. The SMILES string of the molecule is COc1ccc(C(C)=O)cc1COC(=O)CO/N=C(/C)c1ccc2c(c1)OCO2. The van der Waals surface area contributed by atoms with Crippen LogP contribution < -0.4 is 14.2 Å². The van der Waals surface area contributed by atoms with Gasteiger partial charge in [0.05, 0.1) is 12.8 Å². The number of nitrogens with zero attached hydrogens (tertiary/aromatic N) is 1. The Bertz CT molecular complexity index is 952. The van der Waals surface area contributed by atoms with E-state index in [4.69, 9.17) is 23.8 Å². The zero-order valence-electron chi connectivity index (χ0n) is 16.4. The lowest BCUT2D eigenvalue weighted by Crippen LogP contribution is -2.12. The van der Waals surface area contributed by atoms with Crippen molar-refractivity contribution in [2.45, 2.75) is 20.5 Å². The van der Waals surface area contributed by atoms with Gasteiger partial charge in [-0.3, -0.25) is 4.79 Å². The lowest BCUT2D eigenvalue weighted by Gasteiger charge is -2.10. The van der Waals surface area contributed by atoms with Gasteiger partial charge in [-0.2, -0.15) is 0 Å². The normalized spacial score (nSPS) is 12.4. The summed E-state index contributed by atoms with van der Waals surface area (Å²) in [6, 6.07) is 10.4. The van der Waals surface area contributed by atoms with Crippen LogP contribution in [0.1, 0.15) is 35.3 Å². The van der Waals surface area contributed by atoms with Crippen LogP contribution in [0, 0.1) is 0 Å². The minimum Gasteiger partial charge on any atom is -0.496 e. The summed E-state index contributed by atoms with van der Waals surface area (Å²) >= 11 is 0. The molecule has 0 unspecified atom stereocenters. The highest BCUT2D eigenvalue weighted by Crippen LogP contribution is 2.32. The fourth-order valence-corrected chi connectivity index (χ4v) is 2.67. The molecule has 0 N–H and O–H groups in total. The van der Waals surface area contributed by atoms with Gasteiger partial charge in [-0.1, -0.05) is 5.16 Å². The van der Waals surface area contributed by atoms with Crippen molar-refractivity contribution >= 4 is 17.5 Å². The molecule has 0 bridgehead atoms. The summed E-state index contributed by atoms with van der Waals surface area (Å²) in [6.07, 6.45) is 0. The Kier molecular flexibility index (Phi) is 6.33. The molecule has 1 aliphatic heterocycles. The number of carbonyl (C=O) groups is 2. The summed E-state index contributed by atoms with van der Waals surface area (Å²) in [7, 11) is 1.50. The summed E-state index contributed by atoms with van der Waals surface area (Å²) in [4.78, 5) is 28.6. The molecule has 1 aliphatic rings. The zero-order valence-corrected chi connectivity index (χ0v) is 16.4. The molecule has 0 radical (unpaired) electrons. The molecule has 0 amide bonds. The van der Waals surface area contributed by atoms with Crippen molar-refractivity contribution in [3.05, 3.63) is 53.1 Å². The molecule has 0 spiro atoms. The second-order valence-corrected chi connectivity index (χ2v) is 6.26. The third-order valence-corrected chi connectivity index (χ3v) is 4.25. The number of oxime groups is 1. The van der Waals surface area contributed by atoms with Crippen LogP contribution in [-0.2, 0) is 21.0 Å². The first kappa shape index (κ1) is 20.2. The summed E-state index contributed by atoms with van der Waals surface area (Å²) in [6.45, 7) is 3.01. The van der Waals surface area contributed by atoms with Crippen molar-refractivity contribution in [3.63, 3.8) is 0 Å². The van der Waals surface area contributed by atoms with Crippen LogP contribution in [0.15, 0.2) is 41.6 Å². The van der Waals surface area contributed by atoms with Crippen LogP contribution in [-0.4, -0.2) is 38.0 Å². The van der Waals surface area contributed by atoms with Crippen molar-refractivity contribution in [2.24, 2.45) is 5.16 Å². The van der Waals surface area contributed by atoms with Gasteiger partial charge in [-0.05, 0) is 50.2 Å². The van der Waals surface area contributed by atoms with Gasteiger partial charge in [-0.15, -0.1) is 0 Å². The minimum atomic E-state index is -0.595. The van der Waals surface area contributed by atoms with Gasteiger partial charge >= 0.3 is 5.97 Å². The lowest BCUT2D eigenvalue weighted by atomic mass is 10.1. The molecule has 29 heavy (non-hydrogen) atoms. The first-order valence-corrected chi connectivity index (χ1v) is 8.88. The Morgan fingerprint density at radius 1 is 1.03 bits per heavy atom. The van der Waals surface area contributed by atoms with E-state index in [0.29, 0.717) is 34.1 Å². The molecule has 3 rings (SSSR count). The number of methoxy groups -OCH3 is 1. The highest BCUT2D eigenvalue weighted by atomic mass is 16.7. The molecule has 2 aromatic rings. The van der Waals surface area contributed by atoms with E-state index in [9.17, 15) is 9.59 Å². The predicted octanol–water partition coefficient (Wildman–Crippen LogP) is 3.11. The van der Waals surface area contributed by atoms with Crippen LogP contribution in [0.25, 0.3) is 0 Å². The number of benzene rings is 2. The summed E-state index contributed by atoms with van der Waals surface area (Å²) < 4.78 is 21.0. The monoisotopic (exact) mass is 399 g/mol. The van der Waals surface area contributed by atoms with E-state index < -0.39 is 5.97 Å². The standard InChI is InChI=1S/C21H21NO7/c1-13(15-4-7-19-20(9-15)28-12-27-19)22-29-11-21(24)26-10-17-8-16(14(2)23)5-6-18(17)25-3/h4-9H,10-12H2,1-3H3/b22-13-. The number of ketones is 1. The summed E-state index contributed by atoms with van der Waals surface area (Å²) in [5.41, 5.74) is 2.46. The first-order chi connectivity index (χ1) is 14.0. The highest BCUT2D eigenvalue weighted by Gasteiger charge is 2.14. The molecule has 0 saturated heterocycles. The number of esters is 1. The third-order valence-electron chi connectivity index (χ3n) is 4.25. The molecule has 8 nitrogen and oxygen atoms in total. The van der Waals surface area contributed by atoms with Crippen LogP contribution in [0.5, 0.6) is 17.2 Å². The average molecular weight is 399 g/mol. The molecule has 0 atom stereocenters. The van der Waals surface area contributed by atoms with Gasteiger partial charge < -0.3 is 23.8 Å². The molecule has 0 aliphatic carbocycles. The smallest absolute Gasteiger partial charge is 0.347 e. The van der Waals surface area contributed by atoms with E-state index in [0.717, 1.165) is 5.56 Å². The van der Waals surface area contributed by atoms with Gasteiger partial charge in [0.1, 0.15) is 12.4 Å². The van der Waals surface area contributed by atoms with Crippen molar-refractivity contribution in [2.75, 3.05) is 20.5 Å². The molecule has 0 aromatic heterocycles. The maximum atomic E-state index is 11.9. The summed E-state index contributed by atoms with van der Waals surface area (Å²) in [5, 5.41) is 3.94. The second-order valence-electron chi connectivity index (χ2n) is 6.26. The van der Waals surface area contributed by atoms with Gasteiger partial charge in [0, 0.05) is 16.7 Å². The van der Waals surface area contributed by atoms with Gasteiger partial charge in [-0.25, -0.2) is 4.79 Å². The van der Waals surface area contributed by atoms with Gasteiger partial charge in [0.2, 0.25) is 13.4 Å². The number of Topliss-reactive ketones (excluding diaryl/α,β-unsaturated/α-hetero) is 1. The number of fused-ring (bicyclic) bond motifs is 1. The fourth-order valence-electron chi connectivity index (χ4n) is 2.67. The van der Waals surface area contributed by atoms with E-state index in [1.54, 1.807) is 37.3 Å². The maximum Gasteiger partial charge on any atom is 0.347 e. The molecule has 0 fully saturated rings. The molecule has 8 heteroatoms. The zero-order chi connectivity index (χ0) is 20.8. The number of hydrogen-bond acceptors (Lipinski definition) is 8. The van der Waals surface area contributed by atoms with Gasteiger partial charge in [0.25, 0.3) is 0 Å². The third kappa shape index (κ3) is 5.04. The molecular weight excluding hydrogens is 378 g/mol. The fraction of sp³-hybridized carbons (Fsp3) is 0.286. The Morgan fingerprint density at radius 2 is 1.79 bits per heavy atom. The van der Waals surface area contributed by atoms with Crippen LogP contribution in [0.4, 0.5) is 0 Å². The lowest BCUT2D eigenvalue weighted by molar-refractivity contribution is -0.150. The number of carbonyl (C=O) groups excluding carboxylic acids is 2. The molecule has 1 heterocycles. The Morgan fingerprint density at radius 3 is 2.55 bits per heavy atom. The molecular formula is C21H21NO7. The van der Waals surface area contributed by atoms with Crippen molar-refractivity contribution in [1.29, 1.82) is 0 Å². The van der Waals surface area contributed by atoms with Crippen LogP contribution in [0.2, 0.25) is 0 Å². The molecule has 0 saturated carbocycles. The number of rotatable bonds is 8. The van der Waals surface area contributed by atoms with E-state index >= 15 is 0 Å². The van der Waals surface area contributed by atoms with Crippen LogP contribution in [0.3, 0.4) is 0 Å². The quantitative estimate of drug-likeness (QED) is 0.291. The highest BCUT2D eigenvalue weighted by molar-refractivity contribution is 5.99. The molecule has 2 aromatic carbocycles. The molecule has 152 valence electrons. The minimum absolute atomic E-state index is 0.0443. The maximum absolute atomic E-state index is 11.9. The average Bonchev–Trinajstić information content (AvgIpc) is 3.19.